The van der Waals surface area contributed by atoms with Crippen molar-refractivity contribution >= 4 is 5.91 Å². The van der Waals surface area contributed by atoms with Gasteiger partial charge >= 0.3 is 0 Å². The highest BCUT2D eigenvalue weighted by atomic mass is 19.1. The van der Waals surface area contributed by atoms with Gasteiger partial charge in [-0.2, -0.15) is 0 Å². The van der Waals surface area contributed by atoms with Gasteiger partial charge in [0.25, 0.3) is 0 Å². The van der Waals surface area contributed by atoms with Crippen molar-refractivity contribution in [2.45, 2.75) is 18.9 Å². The van der Waals surface area contributed by atoms with E-state index in [1.165, 1.54) is 12.1 Å². The Bertz CT molecular complexity index is 377. The molecule has 3 nitrogen and oxygen atoms in total. The Morgan fingerprint density at radius 1 is 1.44 bits per heavy atom. The van der Waals surface area contributed by atoms with Crippen molar-refractivity contribution in [3.8, 4) is 0 Å². The highest BCUT2D eigenvalue weighted by Gasteiger charge is 2.26. The summed E-state index contributed by atoms with van der Waals surface area (Å²) in [5.41, 5.74) is 6.25. The second-order valence-corrected chi connectivity index (χ2v) is 4.15. The molecule has 1 heterocycles. The van der Waals surface area contributed by atoms with E-state index in [2.05, 4.69) is 4.90 Å². The first-order valence-electron chi connectivity index (χ1n) is 5.44. The molecular formula is C12H15FN2O. The lowest BCUT2D eigenvalue weighted by molar-refractivity contribution is -0.119. The van der Waals surface area contributed by atoms with Crippen molar-refractivity contribution in [1.82, 2.24) is 4.90 Å². The van der Waals surface area contributed by atoms with Crippen LogP contribution in [0.4, 0.5) is 4.39 Å². The molecule has 1 aliphatic rings. The Morgan fingerprint density at radius 2 is 2.12 bits per heavy atom. The second-order valence-electron chi connectivity index (χ2n) is 4.15. The molecule has 1 atom stereocenters. The lowest BCUT2D eigenvalue weighted by Crippen LogP contribution is -2.33. The molecule has 1 fully saturated rings. The molecule has 0 radical (unpaired) electrons. The second kappa shape index (κ2) is 4.61. The minimum atomic E-state index is -0.311. The molecule has 1 aliphatic heterocycles. The molecule has 0 bridgehead atoms. The quantitative estimate of drug-likeness (QED) is 0.841. The van der Waals surface area contributed by atoms with Crippen LogP contribution in [0.25, 0.3) is 0 Å². The smallest absolute Gasteiger partial charge is 0.231 e. The molecule has 2 N–H and O–H groups in total. The predicted octanol–water partition coefficient (Wildman–Crippen LogP) is 1.45. The molecule has 0 saturated carbocycles. The van der Waals surface area contributed by atoms with E-state index in [9.17, 15) is 9.18 Å². The Kier molecular flexibility index (Phi) is 3.19. The Balaban J connectivity index is 2.13. The average Bonchev–Trinajstić information content (AvgIpc) is 2.66. The van der Waals surface area contributed by atoms with Crippen molar-refractivity contribution in [1.29, 1.82) is 0 Å². The van der Waals surface area contributed by atoms with E-state index < -0.39 is 0 Å². The van der Waals surface area contributed by atoms with Crippen molar-refractivity contribution in [2.75, 3.05) is 13.1 Å². The zero-order valence-corrected chi connectivity index (χ0v) is 9.03. The Labute approximate surface area is 94.0 Å². The summed E-state index contributed by atoms with van der Waals surface area (Å²) in [6.45, 7) is 1.16. The minimum absolute atomic E-state index is 0.202. The number of nitrogens with zero attached hydrogens (tertiary/aromatic N) is 1. The number of carbonyl (C=O) groups excluding carboxylic acids is 1. The summed E-state index contributed by atoms with van der Waals surface area (Å²) in [6, 6.07) is 6.67. The number of hydrogen-bond acceptors (Lipinski definition) is 2. The van der Waals surface area contributed by atoms with Crippen LogP contribution in [0.2, 0.25) is 0 Å². The number of carbonyl (C=O) groups is 1. The van der Waals surface area contributed by atoms with Crippen LogP contribution < -0.4 is 5.73 Å². The van der Waals surface area contributed by atoms with Crippen LogP contribution in [-0.2, 0) is 4.79 Å². The van der Waals surface area contributed by atoms with Gasteiger partial charge in [0, 0.05) is 6.04 Å². The normalized spacial score (nSPS) is 21.2. The molecule has 0 unspecified atom stereocenters. The lowest BCUT2D eigenvalue weighted by atomic mass is 10.0. The lowest BCUT2D eigenvalue weighted by Gasteiger charge is -2.23. The largest absolute Gasteiger partial charge is 0.369 e. The Hall–Kier alpha value is -1.42. The van der Waals surface area contributed by atoms with Gasteiger partial charge in [0.05, 0.1) is 6.54 Å². The van der Waals surface area contributed by atoms with Gasteiger partial charge < -0.3 is 5.73 Å². The molecule has 0 aliphatic carbocycles. The number of likely N-dealkylation sites (tertiary alicyclic amines) is 1. The average molecular weight is 222 g/mol. The highest BCUT2D eigenvalue weighted by molar-refractivity contribution is 5.76. The van der Waals surface area contributed by atoms with Gasteiger partial charge in [0.15, 0.2) is 0 Å². The van der Waals surface area contributed by atoms with Crippen LogP contribution in [0, 0.1) is 5.82 Å². The SMILES string of the molecule is NC(=O)CN1CCC[C@H]1c1ccc(F)cc1. The first kappa shape index (κ1) is 11.1. The van der Waals surface area contributed by atoms with Gasteiger partial charge in [0.2, 0.25) is 5.91 Å². The third kappa shape index (κ3) is 2.39. The molecule has 16 heavy (non-hydrogen) atoms. The fourth-order valence-electron chi connectivity index (χ4n) is 2.28. The van der Waals surface area contributed by atoms with E-state index in [1.54, 1.807) is 12.1 Å². The fourth-order valence-corrected chi connectivity index (χ4v) is 2.28. The van der Waals surface area contributed by atoms with Crippen LogP contribution in [0.3, 0.4) is 0 Å². The maximum Gasteiger partial charge on any atom is 0.231 e. The van der Waals surface area contributed by atoms with E-state index in [4.69, 9.17) is 5.73 Å². The number of benzene rings is 1. The molecule has 86 valence electrons. The van der Waals surface area contributed by atoms with E-state index in [1.807, 2.05) is 0 Å². The van der Waals surface area contributed by atoms with E-state index in [0.29, 0.717) is 0 Å². The van der Waals surface area contributed by atoms with E-state index >= 15 is 0 Å². The van der Waals surface area contributed by atoms with Crippen LogP contribution in [-0.4, -0.2) is 23.9 Å². The number of rotatable bonds is 3. The number of primary amides is 1. The van der Waals surface area contributed by atoms with Gasteiger partial charge in [-0.25, -0.2) is 4.39 Å². The Morgan fingerprint density at radius 3 is 2.75 bits per heavy atom. The molecule has 0 aromatic heterocycles. The summed E-state index contributed by atoms with van der Waals surface area (Å²) in [5, 5.41) is 0. The van der Waals surface area contributed by atoms with E-state index in [-0.39, 0.29) is 24.3 Å². The number of amides is 1. The summed E-state index contributed by atoms with van der Waals surface area (Å²) in [5.74, 6) is -0.544. The summed E-state index contributed by atoms with van der Waals surface area (Å²) in [6.07, 6.45) is 2.05. The van der Waals surface area contributed by atoms with Gasteiger partial charge in [-0.15, -0.1) is 0 Å². The maximum atomic E-state index is 12.8. The van der Waals surface area contributed by atoms with Crippen molar-refractivity contribution in [3.05, 3.63) is 35.6 Å². The number of nitrogens with two attached hydrogens (primary N) is 1. The molecule has 4 heteroatoms. The molecule has 1 amide bonds. The predicted molar refractivity (Wildman–Crippen MR) is 59.1 cm³/mol. The maximum absolute atomic E-state index is 12.8. The van der Waals surface area contributed by atoms with Crippen LogP contribution in [0.5, 0.6) is 0 Å². The third-order valence-corrected chi connectivity index (χ3v) is 2.98. The number of hydrogen-bond donors (Lipinski definition) is 1. The van der Waals surface area contributed by atoms with E-state index in [0.717, 1.165) is 24.9 Å². The summed E-state index contributed by atoms with van der Waals surface area (Å²) in [4.78, 5) is 13.0. The van der Waals surface area contributed by atoms with Crippen LogP contribution in [0.1, 0.15) is 24.4 Å². The monoisotopic (exact) mass is 222 g/mol. The summed E-state index contributed by atoms with van der Waals surface area (Å²) >= 11 is 0. The zero-order valence-electron chi connectivity index (χ0n) is 9.03. The number of halogens is 1. The molecule has 2 rings (SSSR count). The van der Waals surface area contributed by atoms with Gasteiger partial charge in [-0.1, -0.05) is 12.1 Å². The molecule has 1 aromatic rings. The van der Waals surface area contributed by atoms with Crippen LogP contribution >= 0.6 is 0 Å². The summed E-state index contributed by atoms with van der Waals surface area (Å²) < 4.78 is 12.8. The molecule has 0 spiro atoms. The topological polar surface area (TPSA) is 46.3 Å². The first-order chi connectivity index (χ1) is 7.66. The molecule has 1 aromatic carbocycles. The highest BCUT2D eigenvalue weighted by Crippen LogP contribution is 2.31. The molecule has 1 saturated heterocycles. The third-order valence-electron chi connectivity index (χ3n) is 2.98. The van der Waals surface area contributed by atoms with Crippen molar-refractivity contribution in [2.24, 2.45) is 5.73 Å². The van der Waals surface area contributed by atoms with Gasteiger partial charge in [0.1, 0.15) is 5.82 Å². The van der Waals surface area contributed by atoms with Crippen LogP contribution in [0.15, 0.2) is 24.3 Å². The zero-order chi connectivity index (χ0) is 11.5. The van der Waals surface area contributed by atoms with Gasteiger partial charge in [-0.05, 0) is 37.1 Å². The van der Waals surface area contributed by atoms with Gasteiger partial charge in [-0.3, -0.25) is 9.69 Å². The van der Waals surface area contributed by atoms with Crippen molar-refractivity contribution < 1.29 is 9.18 Å². The fraction of sp³-hybridized carbons (Fsp3) is 0.417. The van der Waals surface area contributed by atoms with Crippen molar-refractivity contribution in [3.63, 3.8) is 0 Å². The summed E-state index contributed by atoms with van der Waals surface area (Å²) in [7, 11) is 0. The minimum Gasteiger partial charge on any atom is -0.369 e. The molecular weight excluding hydrogens is 207 g/mol. The standard InChI is InChI=1S/C12H15FN2O/c13-10-5-3-9(4-6-10)11-2-1-7-15(11)8-12(14)16/h3-6,11H,1-2,7-8H2,(H2,14,16)/t11-/m0/s1. The first-order valence-corrected chi connectivity index (χ1v) is 5.44.